The number of aromatic amines is 1. The molecule has 4 nitrogen and oxygen atoms in total. The first-order valence-electron chi connectivity index (χ1n) is 5.69. The van der Waals surface area contributed by atoms with Crippen LogP contribution < -0.4 is 10.9 Å². The van der Waals surface area contributed by atoms with E-state index in [0.717, 1.165) is 24.7 Å². The SMILES string of the molecule is CCc1nc(NCC2CCSC2)cc(=O)[nH]1. The van der Waals surface area contributed by atoms with Crippen LogP contribution in [0.2, 0.25) is 0 Å². The van der Waals surface area contributed by atoms with Crippen LogP contribution in [0.1, 0.15) is 19.2 Å². The Morgan fingerprint density at radius 3 is 3.25 bits per heavy atom. The van der Waals surface area contributed by atoms with Crippen LogP contribution in [0, 0.1) is 5.92 Å². The highest BCUT2D eigenvalue weighted by molar-refractivity contribution is 7.99. The van der Waals surface area contributed by atoms with Crippen molar-refractivity contribution in [3.63, 3.8) is 0 Å². The molecule has 1 aliphatic heterocycles. The predicted octanol–water partition coefficient (Wildman–Crippen LogP) is 1.50. The molecule has 0 saturated carbocycles. The fraction of sp³-hybridized carbons (Fsp3) is 0.636. The van der Waals surface area contributed by atoms with Gasteiger partial charge in [-0.1, -0.05) is 6.92 Å². The molecule has 1 aromatic heterocycles. The van der Waals surface area contributed by atoms with Gasteiger partial charge in [-0.05, 0) is 23.8 Å². The van der Waals surface area contributed by atoms with Crippen molar-refractivity contribution in [3.8, 4) is 0 Å². The number of nitrogens with one attached hydrogen (secondary N) is 2. The Hall–Kier alpha value is -0.970. The van der Waals surface area contributed by atoms with E-state index in [1.54, 1.807) is 0 Å². The van der Waals surface area contributed by atoms with Gasteiger partial charge in [0.2, 0.25) is 0 Å². The number of hydrogen-bond acceptors (Lipinski definition) is 4. The number of aryl methyl sites for hydroxylation is 1. The van der Waals surface area contributed by atoms with E-state index in [1.165, 1.54) is 24.0 Å². The van der Waals surface area contributed by atoms with Gasteiger partial charge in [-0.2, -0.15) is 11.8 Å². The summed E-state index contributed by atoms with van der Waals surface area (Å²) in [5.74, 6) is 4.65. The molecule has 88 valence electrons. The van der Waals surface area contributed by atoms with Gasteiger partial charge in [-0.15, -0.1) is 0 Å². The van der Waals surface area contributed by atoms with Gasteiger partial charge < -0.3 is 10.3 Å². The molecule has 0 aliphatic carbocycles. The van der Waals surface area contributed by atoms with Crippen molar-refractivity contribution in [1.82, 2.24) is 9.97 Å². The van der Waals surface area contributed by atoms with Crippen LogP contribution in [0.5, 0.6) is 0 Å². The van der Waals surface area contributed by atoms with E-state index >= 15 is 0 Å². The lowest BCUT2D eigenvalue weighted by molar-refractivity contribution is 0.630. The zero-order chi connectivity index (χ0) is 11.4. The zero-order valence-corrected chi connectivity index (χ0v) is 10.3. The first-order valence-corrected chi connectivity index (χ1v) is 6.85. The number of anilines is 1. The monoisotopic (exact) mass is 239 g/mol. The van der Waals surface area contributed by atoms with Crippen LogP contribution in [-0.4, -0.2) is 28.0 Å². The number of thioether (sulfide) groups is 1. The molecule has 0 spiro atoms. The summed E-state index contributed by atoms with van der Waals surface area (Å²) in [6.07, 6.45) is 2.02. The third-order valence-electron chi connectivity index (χ3n) is 2.72. The van der Waals surface area contributed by atoms with Crippen molar-refractivity contribution in [2.24, 2.45) is 5.92 Å². The lowest BCUT2D eigenvalue weighted by Crippen LogP contribution is -2.18. The maximum atomic E-state index is 11.3. The third-order valence-corrected chi connectivity index (χ3v) is 3.95. The standard InChI is InChI=1S/C11H17N3OS/c1-2-9-13-10(5-11(15)14-9)12-6-8-3-4-16-7-8/h5,8H,2-4,6-7H2,1H3,(H2,12,13,14,15). The summed E-state index contributed by atoms with van der Waals surface area (Å²) in [6, 6.07) is 1.53. The Labute approximate surface area is 99.3 Å². The quantitative estimate of drug-likeness (QED) is 0.836. The molecular formula is C11H17N3OS. The fourth-order valence-electron chi connectivity index (χ4n) is 1.76. The largest absolute Gasteiger partial charge is 0.370 e. The lowest BCUT2D eigenvalue weighted by atomic mass is 10.1. The highest BCUT2D eigenvalue weighted by Gasteiger charge is 2.15. The highest BCUT2D eigenvalue weighted by atomic mass is 32.2. The molecule has 1 atom stereocenters. The Morgan fingerprint density at radius 1 is 1.69 bits per heavy atom. The van der Waals surface area contributed by atoms with Crippen LogP contribution in [0.4, 0.5) is 5.82 Å². The Morgan fingerprint density at radius 2 is 2.56 bits per heavy atom. The Kier molecular flexibility index (Phi) is 3.88. The number of H-pyrrole nitrogens is 1. The van der Waals surface area contributed by atoms with E-state index in [0.29, 0.717) is 5.82 Å². The second-order valence-electron chi connectivity index (χ2n) is 4.04. The van der Waals surface area contributed by atoms with E-state index < -0.39 is 0 Å². The maximum absolute atomic E-state index is 11.3. The normalized spacial score (nSPS) is 19.9. The number of hydrogen-bond donors (Lipinski definition) is 2. The zero-order valence-electron chi connectivity index (χ0n) is 9.45. The Balaban J connectivity index is 1.97. The lowest BCUT2D eigenvalue weighted by Gasteiger charge is -2.10. The summed E-state index contributed by atoms with van der Waals surface area (Å²) in [5, 5.41) is 3.26. The van der Waals surface area contributed by atoms with Crippen LogP contribution >= 0.6 is 11.8 Å². The van der Waals surface area contributed by atoms with Crippen molar-refractivity contribution in [2.75, 3.05) is 23.4 Å². The minimum absolute atomic E-state index is 0.0739. The molecule has 1 fully saturated rings. The number of rotatable bonds is 4. The van der Waals surface area contributed by atoms with Crippen LogP contribution in [0.15, 0.2) is 10.9 Å². The molecule has 2 N–H and O–H groups in total. The fourth-order valence-corrected chi connectivity index (χ4v) is 3.04. The molecule has 1 aromatic rings. The van der Waals surface area contributed by atoms with Gasteiger partial charge in [-0.25, -0.2) is 4.98 Å². The highest BCUT2D eigenvalue weighted by Crippen LogP contribution is 2.23. The Bertz CT molecular complexity index is 398. The average Bonchev–Trinajstić information content (AvgIpc) is 2.78. The van der Waals surface area contributed by atoms with Crippen molar-refractivity contribution < 1.29 is 0 Å². The third kappa shape index (κ3) is 3.01. The van der Waals surface area contributed by atoms with Gasteiger partial charge >= 0.3 is 0 Å². The van der Waals surface area contributed by atoms with E-state index in [9.17, 15) is 4.79 Å². The topological polar surface area (TPSA) is 57.8 Å². The van der Waals surface area contributed by atoms with Gasteiger partial charge in [0, 0.05) is 19.0 Å². The minimum Gasteiger partial charge on any atom is -0.370 e. The van der Waals surface area contributed by atoms with Gasteiger partial charge in [0.15, 0.2) is 0 Å². The molecule has 1 aliphatic rings. The van der Waals surface area contributed by atoms with E-state index in [2.05, 4.69) is 15.3 Å². The molecule has 0 radical (unpaired) electrons. The maximum Gasteiger partial charge on any atom is 0.252 e. The van der Waals surface area contributed by atoms with E-state index in [-0.39, 0.29) is 5.56 Å². The molecule has 2 heterocycles. The molecule has 2 rings (SSSR count). The summed E-state index contributed by atoms with van der Waals surface area (Å²) in [4.78, 5) is 18.4. The minimum atomic E-state index is -0.0739. The van der Waals surface area contributed by atoms with Crippen molar-refractivity contribution in [2.45, 2.75) is 19.8 Å². The second kappa shape index (κ2) is 5.39. The molecular weight excluding hydrogens is 222 g/mol. The van der Waals surface area contributed by atoms with Gasteiger partial charge in [0.1, 0.15) is 11.6 Å². The molecule has 1 saturated heterocycles. The summed E-state index contributed by atoms with van der Waals surface area (Å²) in [7, 11) is 0. The van der Waals surface area contributed by atoms with Crippen LogP contribution in [0.3, 0.4) is 0 Å². The van der Waals surface area contributed by atoms with E-state index in [1.807, 2.05) is 18.7 Å². The second-order valence-corrected chi connectivity index (χ2v) is 5.19. The molecule has 0 aromatic carbocycles. The first-order chi connectivity index (χ1) is 7.78. The summed E-state index contributed by atoms with van der Waals surface area (Å²) >= 11 is 2.00. The molecule has 5 heteroatoms. The van der Waals surface area contributed by atoms with Crippen LogP contribution in [-0.2, 0) is 6.42 Å². The average molecular weight is 239 g/mol. The van der Waals surface area contributed by atoms with Crippen molar-refractivity contribution in [1.29, 1.82) is 0 Å². The predicted molar refractivity (Wildman–Crippen MR) is 68.2 cm³/mol. The van der Waals surface area contributed by atoms with Gasteiger partial charge in [0.25, 0.3) is 5.56 Å². The smallest absolute Gasteiger partial charge is 0.252 e. The van der Waals surface area contributed by atoms with Crippen LogP contribution in [0.25, 0.3) is 0 Å². The van der Waals surface area contributed by atoms with Crippen molar-refractivity contribution in [3.05, 3.63) is 22.2 Å². The molecule has 1 unspecified atom stereocenters. The summed E-state index contributed by atoms with van der Waals surface area (Å²) < 4.78 is 0. The van der Waals surface area contributed by atoms with Gasteiger partial charge in [0.05, 0.1) is 0 Å². The molecule has 0 bridgehead atoms. The first kappa shape index (κ1) is 11.5. The van der Waals surface area contributed by atoms with Gasteiger partial charge in [-0.3, -0.25) is 4.79 Å². The molecule has 0 amide bonds. The summed E-state index contributed by atoms with van der Waals surface area (Å²) in [6.45, 7) is 2.91. The number of nitrogens with zero attached hydrogens (tertiary/aromatic N) is 1. The molecule has 16 heavy (non-hydrogen) atoms. The van der Waals surface area contributed by atoms with Crippen molar-refractivity contribution >= 4 is 17.6 Å². The number of aromatic nitrogens is 2. The summed E-state index contributed by atoms with van der Waals surface area (Å²) in [5.41, 5.74) is -0.0739. The van der Waals surface area contributed by atoms with E-state index in [4.69, 9.17) is 0 Å².